The molecule has 0 unspecified atom stereocenters. The summed E-state index contributed by atoms with van der Waals surface area (Å²) in [6.07, 6.45) is 4.08. The Hall–Kier alpha value is -3.73. The summed E-state index contributed by atoms with van der Waals surface area (Å²) >= 11 is 0. The molecule has 3 aromatic rings. The maximum Gasteiger partial charge on any atom is 0.322 e. The summed E-state index contributed by atoms with van der Waals surface area (Å²) in [6.45, 7) is 1.05. The first-order chi connectivity index (χ1) is 14.8. The van der Waals surface area contributed by atoms with Gasteiger partial charge in [-0.2, -0.15) is 9.19 Å². The third-order valence-electron chi connectivity index (χ3n) is 4.76. The van der Waals surface area contributed by atoms with Crippen molar-refractivity contribution >= 4 is 27.6 Å². The van der Waals surface area contributed by atoms with E-state index >= 15 is 0 Å². The molecule has 3 amide bonds. The van der Waals surface area contributed by atoms with E-state index in [0.717, 1.165) is 21.6 Å². The van der Waals surface area contributed by atoms with Gasteiger partial charge in [0, 0.05) is 30.2 Å². The first-order valence-corrected chi connectivity index (χ1v) is 11.3. The summed E-state index contributed by atoms with van der Waals surface area (Å²) in [4.78, 5) is 30.8. The van der Waals surface area contributed by atoms with Gasteiger partial charge in [-0.15, -0.1) is 0 Å². The number of anilines is 1. The van der Waals surface area contributed by atoms with E-state index in [9.17, 15) is 18.0 Å². The molecule has 3 heterocycles. The lowest BCUT2D eigenvalue weighted by atomic mass is 10.2. The van der Waals surface area contributed by atoms with Crippen molar-refractivity contribution in [3.8, 4) is 0 Å². The minimum Gasteiger partial charge on any atom is -0.346 e. The molecule has 0 saturated carbocycles. The lowest BCUT2D eigenvalue weighted by Crippen LogP contribution is -2.30. The Bertz CT molecular complexity index is 1210. The molecule has 1 aliphatic heterocycles. The highest BCUT2D eigenvalue weighted by atomic mass is 32.2. The lowest BCUT2D eigenvalue weighted by Gasteiger charge is -2.16. The smallest absolute Gasteiger partial charge is 0.322 e. The monoisotopic (exact) mass is 440 g/mol. The van der Waals surface area contributed by atoms with E-state index < -0.39 is 10.0 Å². The Morgan fingerprint density at radius 2 is 1.87 bits per heavy atom. The molecule has 0 saturated heterocycles. The Balaban J connectivity index is 1.31. The number of hydrogen-bond acceptors (Lipinski definition) is 6. The summed E-state index contributed by atoms with van der Waals surface area (Å²) < 4.78 is 23.7. The molecule has 2 N–H and O–H groups in total. The van der Waals surface area contributed by atoms with Gasteiger partial charge in [-0.3, -0.25) is 9.78 Å². The highest BCUT2D eigenvalue weighted by Gasteiger charge is 2.24. The summed E-state index contributed by atoms with van der Waals surface area (Å²) in [5.74, 6) is -0.340. The van der Waals surface area contributed by atoms with Crippen LogP contribution in [-0.2, 0) is 29.7 Å². The average molecular weight is 440 g/mol. The van der Waals surface area contributed by atoms with Gasteiger partial charge in [0.1, 0.15) is 0 Å². The van der Waals surface area contributed by atoms with Crippen molar-refractivity contribution in [3.63, 3.8) is 0 Å². The van der Waals surface area contributed by atoms with Gasteiger partial charge < -0.3 is 15.5 Å². The number of rotatable bonds is 5. The predicted octanol–water partition coefficient (Wildman–Crippen LogP) is 1.56. The highest BCUT2D eigenvalue weighted by molar-refractivity contribution is 7.89. The van der Waals surface area contributed by atoms with E-state index in [1.807, 2.05) is 12.1 Å². The topological polar surface area (TPSA) is 126 Å². The number of benzene rings is 1. The van der Waals surface area contributed by atoms with Crippen molar-refractivity contribution in [2.24, 2.45) is 0 Å². The largest absolute Gasteiger partial charge is 0.346 e. The van der Waals surface area contributed by atoms with Crippen LogP contribution in [0.1, 0.15) is 27.3 Å². The summed E-state index contributed by atoms with van der Waals surface area (Å²) in [5, 5.41) is 9.40. The van der Waals surface area contributed by atoms with Crippen LogP contribution in [0, 0.1) is 0 Å². The highest BCUT2D eigenvalue weighted by Crippen LogP contribution is 2.21. The number of hydrogen-bond donors (Lipinski definition) is 2. The maximum absolute atomic E-state index is 12.5. The van der Waals surface area contributed by atoms with Crippen molar-refractivity contribution < 1.29 is 18.0 Å². The molecule has 4 rings (SSSR count). The van der Waals surface area contributed by atoms with Crippen LogP contribution in [0.25, 0.3) is 0 Å². The van der Waals surface area contributed by atoms with Gasteiger partial charge in [-0.25, -0.2) is 13.2 Å². The molecule has 0 spiro atoms. The van der Waals surface area contributed by atoms with Crippen LogP contribution in [0.15, 0.2) is 54.9 Å². The molecule has 10 nitrogen and oxygen atoms in total. The molecule has 0 atom stereocenters. The quantitative estimate of drug-likeness (QED) is 0.620. The fraction of sp³-hybridized carbons (Fsp3) is 0.200. The number of carbonyl (C=O) groups excluding carboxylic acids is 2. The van der Waals surface area contributed by atoms with E-state index in [2.05, 4.69) is 20.7 Å². The number of aromatic nitrogens is 3. The van der Waals surface area contributed by atoms with E-state index in [1.54, 1.807) is 35.4 Å². The van der Waals surface area contributed by atoms with Gasteiger partial charge in [-0.05, 0) is 42.0 Å². The third-order valence-corrected chi connectivity index (χ3v) is 5.65. The van der Waals surface area contributed by atoms with Crippen LogP contribution < -0.4 is 10.6 Å². The Morgan fingerprint density at radius 3 is 2.55 bits per heavy atom. The zero-order chi connectivity index (χ0) is 22.0. The van der Waals surface area contributed by atoms with Crippen LogP contribution in [0.3, 0.4) is 0 Å². The second-order valence-corrected chi connectivity index (χ2v) is 8.94. The molecule has 160 valence electrons. The molecular formula is C20H20N6O4S. The van der Waals surface area contributed by atoms with Crippen LogP contribution in [0.2, 0.25) is 0 Å². The number of pyridine rings is 1. The van der Waals surface area contributed by atoms with Gasteiger partial charge in [0.15, 0.2) is 0 Å². The van der Waals surface area contributed by atoms with Gasteiger partial charge >= 0.3 is 6.03 Å². The molecule has 0 fully saturated rings. The normalized spacial score (nSPS) is 13.0. The molecule has 31 heavy (non-hydrogen) atoms. The zero-order valence-electron chi connectivity index (χ0n) is 16.6. The van der Waals surface area contributed by atoms with Crippen molar-refractivity contribution in [3.05, 3.63) is 77.4 Å². The summed E-state index contributed by atoms with van der Waals surface area (Å²) in [6, 6.07) is 11.6. The molecule has 2 aromatic heterocycles. The summed E-state index contributed by atoms with van der Waals surface area (Å²) in [5.41, 5.74) is 3.32. The predicted molar refractivity (Wildman–Crippen MR) is 113 cm³/mol. The molecule has 1 aliphatic rings. The molecule has 0 aliphatic carbocycles. The van der Waals surface area contributed by atoms with Gasteiger partial charge in [-0.1, -0.05) is 6.07 Å². The fourth-order valence-corrected chi connectivity index (χ4v) is 3.68. The standard InChI is InChI=1S/C20H20N6O4S/c1-31(29,30)26-10-8-17(24-26)11-22-19(27)14-4-6-16(7-5-14)23-20(28)25-12-15-3-2-9-21-18(15)13-25/h2-10H,11-13H2,1H3,(H,22,27)(H,23,28). The molecule has 11 heteroatoms. The molecule has 1 aromatic carbocycles. The lowest BCUT2D eigenvalue weighted by molar-refractivity contribution is 0.0950. The Labute approximate surface area is 178 Å². The van der Waals surface area contributed by atoms with E-state index in [4.69, 9.17) is 0 Å². The van der Waals surface area contributed by atoms with Crippen molar-refractivity contribution in [2.45, 2.75) is 19.6 Å². The maximum atomic E-state index is 12.5. The number of fused-ring (bicyclic) bond motifs is 1. The van der Waals surface area contributed by atoms with E-state index in [-0.39, 0.29) is 18.5 Å². The van der Waals surface area contributed by atoms with Crippen molar-refractivity contribution in [1.29, 1.82) is 0 Å². The third kappa shape index (κ3) is 4.72. The first kappa shape index (κ1) is 20.5. The second kappa shape index (κ2) is 8.19. The van der Waals surface area contributed by atoms with Gasteiger partial charge in [0.25, 0.3) is 15.9 Å². The van der Waals surface area contributed by atoms with Crippen LogP contribution in [-0.4, -0.2) is 45.7 Å². The van der Waals surface area contributed by atoms with E-state index in [1.165, 1.54) is 12.3 Å². The van der Waals surface area contributed by atoms with Crippen molar-refractivity contribution in [1.82, 2.24) is 24.4 Å². The minimum atomic E-state index is -3.46. The second-order valence-electron chi connectivity index (χ2n) is 7.10. The average Bonchev–Trinajstić information content (AvgIpc) is 3.39. The number of nitrogens with zero attached hydrogens (tertiary/aromatic N) is 4. The first-order valence-electron chi connectivity index (χ1n) is 9.42. The Kier molecular flexibility index (Phi) is 5.42. The van der Waals surface area contributed by atoms with Gasteiger partial charge in [0.2, 0.25) is 0 Å². The molecule has 0 bridgehead atoms. The molecular weight excluding hydrogens is 420 g/mol. The molecule has 0 radical (unpaired) electrons. The number of urea groups is 1. The minimum absolute atomic E-state index is 0.0867. The van der Waals surface area contributed by atoms with E-state index in [0.29, 0.717) is 30.0 Å². The van der Waals surface area contributed by atoms with Crippen LogP contribution >= 0.6 is 0 Å². The van der Waals surface area contributed by atoms with Gasteiger partial charge in [0.05, 0.1) is 30.7 Å². The zero-order valence-corrected chi connectivity index (χ0v) is 17.5. The van der Waals surface area contributed by atoms with Crippen LogP contribution in [0.4, 0.5) is 10.5 Å². The van der Waals surface area contributed by atoms with Crippen LogP contribution in [0.5, 0.6) is 0 Å². The Morgan fingerprint density at radius 1 is 1.10 bits per heavy atom. The fourth-order valence-electron chi connectivity index (χ4n) is 3.15. The number of carbonyl (C=O) groups is 2. The number of amides is 3. The van der Waals surface area contributed by atoms with Crippen molar-refractivity contribution in [2.75, 3.05) is 11.6 Å². The number of nitrogens with one attached hydrogen (secondary N) is 2. The summed E-state index contributed by atoms with van der Waals surface area (Å²) in [7, 11) is -3.46. The SMILES string of the molecule is CS(=O)(=O)n1ccc(CNC(=O)c2ccc(NC(=O)N3Cc4cccnc4C3)cc2)n1.